The number of nitrogens with one attached hydrogen (secondary N) is 2. The zero-order valence-electron chi connectivity index (χ0n) is 11.3. The van der Waals surface area contributed by atoms with Gasteiger partial charge in [-0.25, -0.2) is 9.07 Å². The number of hydrogen-bond donors (Lipinski definition) is 2. The van der Waals surface area contributed by atoms with Crippen LogP contribution in [0.1, 0.15) is 23.0 Å². The summed E-state index contributed by atoms with van der Waals surface area (Å²) in [6.07, 6.45) is 0. The molecule has 0 saturated heterocycles. The quantitative estimate of drug-likeness (QED) is 0.792. The molecule has 1 aromatic carbocycles. The Bertz CT molecular complexity index is 854. The summed E-state index contributed by atoms with van der Waals surface area (Å²) in [4.78, 5) is 24.6. The van der Waals surface area contributed by atoms with Gasteiger partial charge < -0.3 is 5.32 Å². The van der Waals surface area contributed by atoms with Gasteiger partial charge in [-0.15, -0.1) is 0 Å². The van der Waals surface area contributed by atoms with E-state index in [4.69, 9.17) is 11.6 Å². The van der Waals surface area contributed by atoms with E-state index < -0.39 is 22.9 Å². The van der Waals surface area contributed by atoms with Crippen LogP contribution in [0.2, 0.25) is 5.02 Å². The Kier molecular flexibility index (Phi) is 3.49. The van der Waals surface area contributed by atoms with Gasteiger partial charge in [0, 0.05) is 5.56 Å². The molecule has 3 rings (SSSR count). The number of halogens is 3. The van der Waals surface area contributed by atoms with Gasteiger partial charge in [-0.05, 0) is 41.1 Å². The first-order valence-electron chi connectivity index (χ1n) is 6.29. The molecule has 2 heterocycles. The van der Waals surface area contributed by atoms with Gasteiger partial charge in [-0.3, -0.25) is 15.0 Å². The molecule has 1 atom stereocenters. The Hall–Kier alpha value is -1.86. The molecule has 1 unspecified atom stereocenters. The first-order chi connectivity index (χ1) is 10.3. The van der Waals surface area contributed by atoms with E-state index in [0.29, 0.717) is 5.56 Å². The minimum absolute atomic E-state index is 0.00347. The van der Waals surface area contributed by atoms with Gasteiger partial charge in [-0.1, -0.05) is 23.7 Å². The Morgan fingerprint density at radius 1 is 1.32 bits per heavy atom. The topological polar surface area (TPSA) is 63.1 Å². The summed E-state index contributed by atoms with van der Waals surface area (Å²) in [6.45, 7) is 1.63. The first kappa shape index (κ1) is 15.1. The summed E-state index contributed by atoms with van der Waals surface area (Å²) < 4.78 is 14.7. The minimum atomic E-state index is -1.15. The van der Waals surface area contributed by atoms with Crippen molar-refractivity contribution in [3.8, 4) is 0 Å². The van der Waals surface area contributed by atoms with Gasteiger partial charge in [0.25, 0.3) is 11.5 Å². The molecule has 2 N–H and O–H groups in total. The molecule has 1 aromatic heterocycles. The first-order valence-corrected chi connectivity index (χ1v) is 7.47. The second-order valence-corrected chi connectivity index (χ2v) is 6.29. The van der Waals surface area contributed by atoms with Crippen molar-refractivity contribution in [1.29, 1.82) is 0 Å². The molecule has 0 bridgehead atoms. The van der Waals surface area contributed by atoms with Crippen LogP contribution in [0.25, 0.3) is 0 Å². The minimum Gasteiger partial charge on any atom is -0.323 e. The third-order valence-electron chi connectivity index (χ3n) is 3.43. The lowest BCUT2D eigenvalue weighted by Crippen LogP contribution is -2.60. The molecule has 0 fully saturated rings. The summed E-state index contributed by atoms with van der Waals surface area (Å²) in [5, 5.41) is 2.83. The van der Waals surface area contributed by atoms with Crippen molar-refractivity contribution in [2.24, 2.45) is 0 Å². The number of carbonyl (C=O) groups excluding carboxylic acids is 1. The highest BCUT2D eigenvalue weighted by atomic mass is 79.9. The number of rotatable bonds is 1. The fraction of sp³-hybridized carbons (Fsp3) is 0.143. The van der Waals surface area contributed by atoms with Crippen LogP contribution in [0.5, 0.6) is 0 Å². The van der Waals surface area contributed by atoms with Crippen molar-refractivity contribution in [3.63, 3.8) is 0 Å². The van der Waals surface area contributed by atoms with E-state index >= 15 is 0 Å². The second kappa shape index (κ2) is 5.10. The molecule has 0 aliphatic carbocycles. The smallest absolute Gasteiger partial charge is 0.284 e. The molecular weight excluding hydrogens is 377 g/mol. The highest BCUT2D eigenvalue weighted by Crippen LogP contribution is 2.27. The fourth-order valence-electron chi connectivity index (χ4n) is 2.35. The number of amides is 1. The zero-order chi connectivity index (χ0) is 16.1. The largest absolute Gasteiger partial charge is 0.323 e. The number of nitrogens with zero attached hydrogens (tertiary/aromatic N) is 1. The van der Waals surface area contributed by atoms with Crippen LogP contribution in [-0.4, -0.2) is 10.6 Å². The van der Waals surface area contributed by atoms with E-state index in [2.05, 4.69) is 26.7 Å². The Labute approximate surface area is 138 Å². The van der Waals surface area contributed by atoms with Crippen LogP contribution in [0, 0.1) is 5.82 Å². The van der Waals surface area contributed by atoms with Crippen molar-refractivity contribution in [1.82, 2.24) is 9.99 Å². The molecule has 0 saturated carbocycles. The van der Waals surface area contributed by atoms with Crippen LogP contribution < -0.4 is 16.3 Å². The van der Waals surface area contributed by atoms with E-state index in [9.17, 15) is 14.0 Å². The summed E-state index contributed by atoms with van der Waals surface area (Å²) in [6, 6.07) is 7.11. The van der Waals surface area contributed by atoms with E-state index in [-0.39, 0.29) is 15.2 Å². The lowest BCUT2D eigenvalue weighted by Gasteiger charge is -2.38. The fourth-order valence-corrected chi connectivity index (χ4v) is 3.16. The maximum Gasteiger partial charge on any atom is 0.284 e. The molecule has 0 radical (unpaired) electrons. The standard InChI is InChI=1S/C14H10BrClFN3O2/c1-14(7-3-2-4-8(17)5-7)18-12(21)11-10(16)6-9(15)13(22)20(11)19-14/h2-6,19H,1H3,(H,18,21). The SMILES string of the molecule is CC1(c2cccc(F)c2)NC(=O)c2c(Cl)cc(Br)c(=O)n2N1. The molecular formula is C14H10BrClFN3O2. The van der Waals surface area contributed by atoms with Crippen LogP contribution in [0.15, 0.2) is 39.6 Å². The monoisotopic (exact) mass is 385 g/mol. The molecule has 1 amide bonds. The molecule has 8 heteroatoms. The Balaban J connectivity index is 2.19. The highest BCUT2D eigenvalue weighted by molar-refractivity contribution is 9.10. The van der Waals surface area contributed by atoms with E-state index in [1.807, 2.05) is 0 Å². The third kappa shape index (κ3) is 2.30. The van der Waals surface area contributed by atoms with Crippen molar-refractivity contribution in [3.05, 3.63) is 67.3 Å². The number of benzene rings is 1. The molecule has 1 aliphatic rings. The normalized spacial score (nSPS) is 20.1. The number of carbonyl (C=O) groups is 1. The summed E-state index contributed by atoms with van der Waals surface area (Å²) in [7, 11) is 0. The number of aromatic nitrogens is 1. The molecule has 2 aromatic rings. The van der Waals surface area contributed by atoms with Crippen LogP contribution in [0.4, 0.5) is 4.39 Å². The zero-order valence-corrected chi connectivity index (χ0v) is 13.6. The van der Waals surface area contributed by atoms with E-state index in [1.54, 1.807) is 13.0 Å². The molecule has 0 spiro atoms. The predicted molar refractivity (Wildman–Crippen MR) is 84.0 cm³/mol. The van der Waals surface area contributed by atoms with Crippen molar-refractivity contribution in [2.45, 2.75) is 12.6 Å². The summed E-state index contributed by atoms with van der Waals surface area (Å²) in [5.41, 5.74) is 1.75. The van der Waals surface area contributed by atoms with E-state index in [0.717, 1.165) is 4.68 Å². The molecule has 22 heavy (non-hydrogen) atoms. The van der Waals surface area contributed by atoms with Gasteiger partial charge in [0.05, 0.1) is 9.50 Å². The van der Waals surface area contributed by atoms with Gasteiger partial charge in [0.2, 0.25) is 0 Å². The van der Waals surface area contributed by atoms with Crippen molar-refractivity contribution >= 4 is 33.4 Å². The molecule has 5 nitrogen and oxygen atoms in total. The van der Waals surface area contributed by atoms with Crippen molar-refractivity contribution in [2.75, 3.05) is 5.43 Å². The second-order valence-electron chi connectivity index (χ2n) is 5.03. The average molecular weight is 387 g/mol. The van der Waals surface area contributed by atoms with Gasteiger partial charge in [0.1, 0.15) is 17.2 Å². The van der Waals surface area contributed by atoms with E-state index in [1.165, 1.54) is 24.3 Å². The van der Waals surface area contributed by atoms with Crippen molar-refractivity contribution < 1.29 is 9.18 Å². The average Bonchev–Trinajstić information content (AvgIpc) is 2.44. The number of hydrogen-bond acceptors (Lipinski definition) is 3. The molecule has 114 valence electrons. The maximum absolute atomic E-state index is 13.5. The number of fused-ring (bicyclic) bond motifs is 1. The summed E-state index contributed by atoms with van der Waals surface area (Å²) in [5.74, 6) is -0.972. The predicted octanol–water partition coefficient (Wildman–Crippen LogP) is 2.56. The lowest BCUT2D eigenvalue weighted by atomic mass is 10.0. The maximum atomic E-state index is 13.5. The van der Waals surface area contributed by atoms with Gasteiger partial charge >= 0.3 is 0 Å². The Morgan fingerprint density at radius 2 is 2.05 bits per heavy atom. The highest BCUT2D eigenvalue weighted by Gasteiger charge is 2.37. The summed E-state index contributed by atoms with van der Waals surface area (Å²) >= 11 is 9.13. The van der Waals surface area contributed by atoms with Gasteiger partial charge in [0.15, 0.2) is 0 Å². The van der Waals surface area contributed by atoms with Crippen LogP contribution in [-0.2, 0) is 5.66 Å². The van der Waals surface area contributed by atoms with Gasteiger partial charge in [-0.2, -0.15) is 0 Å². The third-order valence-corrected chi connectivity index (χ3v) is 4.28. The Morgan fingerprint density at radius 3 is 2.73 bits per heavy atom. The lowest BCUT2D eigenvalue weighted by molar-refractivity contribution is 0.0874. The molecule has 1 aliphatic heterocycles. The van der Waals surface area contributed by atoms with Crippen LogP contribution >= 0.6 is 27.5 Å². The van der Waals surface area contributed by atoms with Crippen LogP contribution in [0.3, 0.4) is 0 Å². The number of pyridine rings is 1.